The molecule has 0 amide bonds. The maximum absolute atomic E-state index is 7.23. The van der Waals surface area contributed by atoms with Gasteiger partial charge in [-0.05, 0) is 60.1 Å². The molecule has 5 nitrogen and oxygen atoms in total. The molecule has 6 heteroatoms. The minimum atomic E-state index is -2.09. The van der Waals surface area contributed by atoms with Crippen LogP contribution in [-0.2, 0) is 20.1 Å². The standard InChI is InChI=1S/C37H32N3O.C12H10N.Ir/c1-22(2)26-16-11-17-27(23(3)4)35(26)40-32-21-31(25-13-7-6-8-14-25)38-24(5)34(32)39-37(40)30-19-12-18-29-28-15-9-10-20-33(28)41-36(29)30;1-10-7-8-12(13-9-10)11-5-3-2-4-6-11;/h6-18,20-23H,1-5H3;2-5,7-9H,1H3;/q2*-1;/i;1D3;. The molecular weight excluding hydrogens is 853 g/mol. The van der Waals surface area contributed by atoms with E-state index in [0.29, 0.717) is 11.8 Å². The van der Waals surface area contributed by atoms with Crippen LogP contribution in [0.5, 0.6) is 0 Å². The number of fused-ring (bicyclic) bond motifs is 4. The summed E-state index contributed by atoms with van der Waals surface area (Å²) in [6.45, 7) is 9.00. The first-order valence-electron chi connectivity index (χ1n) is 19.8. The molecule has 0 fully saturated rings. The van der Waals surface area contributed by atoms with Crippen molar-refractivity contribution in [2.24, 2.45) is 0 Å². The molecule has 4 heterocycles. The molecule has 9 aromatic rings. The van der Waals surface area contributed by atoms with Crippen molar-refractivity contribution in [1.82, 2.24) is 19.5 Å². The molecule has 55 heavy (non-hydrogen) atoms. The summed E-state index contributed by atoms with van der Waals surface area (Å²) in [6.07, 6.45) is 1.39. The van der Waals surface area contributed by atoms with Crippen LogP contribution in [0.25, 0.3) is 72.6 Å². The topological polar surface area (TPSA) is 56.7 Å². The molecule has 275 valence electrons. The molecule has 0 aliphatic heterocycles. The van der Waals surface area contributed by atoms with E-state index in [1.807, 2.05) is 42.5 Å². The molecule has 1 radical (unpaired) electrons. The Morgan fingerprint density at radius 3 is 2.15 bits per heavy atom. The van der Waals surface area contributed by atoms with Crippen LogP contribution in [0.15, 0.2) is 138 Å². The zero-order chi connectivity index (χ0) is 39.8. The van der Waals surface area contributed by atoms with Gasteiger partial charge in [0.2, 0.25) is 0 Å². The number of para-hydroxylation sites is 2. The summed E-state index contributed by atoms with van der Waals surface area (Å²) in [6, 6.07) is 48.8. The number of hydrogen-bond acceptors (Lipinski definition) is 4. The number of rotatable bonds is 6. The van der Waals surface area contributed by atoms with Crippen LogP contribution < -0.4 is 0 Å². The first-order chi connectivity index (χ1) is 27.5. The molecule has 0 N–H and O–H groups in total. The van der Waals surface area contributed by atoms with Crippen LogP contribution in [0, 0.1) is 25.9 Å². The van der Waals surface area contributed by atoms with Crippen molar-refractivity contribution >= 4 is 33.0 Å². The Hall–Kier alpha value is -5.68. The molecule has 5 aromatic carbocycles. The summed E-state index contributed by atoms with van der Waals surface area (Å²) in [5.74, 6) is 1.45. The maximum Gasteiger partial charge on any atom is 0.120 e. The fourth-order valence-electron chi connectivity index (χ4n) is 7.11. The minimum Gasteiger partial charge on any atom is -0.501 e. The van der Waals surface area contributed by atoms with Crippen LogP contribution in [0.3, 0.4) is 0 Å². The molecule has 0 aliphatic carbocycles. The minimum absolute atomic E-state index is 0. The average Bonchev–Trinajstić information content (AvgIpc) is 3.80. The Morgan fingerprint density at radius 1 is 0.709 bits per heavy atom. The summed E-state index contributed by atoms with van der Waals surface area (Å²) in [4.78, 5) is 14.5. The van der Waals surface area contributed by atoms with Crippen molar-refractivity contribution in [2.45, 2.75) is 53.3 Å². The summed E-state index contributed by atoms with van der Waals surface area (Å²) in [7, 11) is 0. The van der Waals surface area contributed by atoms with Crippen LogP contribution in [0.1, 0.15) is 66.0 Å². The average molecular weight is 898 g/mol. The van der Waals surface area contributed by atoms with Crippen LogP contribution in [0.2, 0.25) is 0 Å². The van der Waals surface area contributed by atoms with E-state index in [9.17, 15) is 0 Å². The van der Waals surface area contributed by atoms with E-state index in [2.05, 4.69) is 123 Å². The Labute approximate surface area is 340 Å². The van der Waals surface area contributed by atoms with E-state index < -0.39 is 6.85 Å². The second-order valence-corrected chi connectivity index (χ2v) is 14.1. The zero-order valence-corrected chi connectivity index (χ0v) is 33.8. The van der Waals surface area contributed by atoms with E-state index in [0.717, 1.165) is 72.6 Å². The van der Waals surface area contributed by atoms with Gasteiger partial charge in [0.25, 0.3) is 0 Å². The van der Waals surface area contributed by atoms with E-state index >= 15 is 0 Å². The number of benzene rings is 5. The van der Waals surface area contributed by atoms with Gasteiger partial charge in [0.15, 0.2) is 0 Å². The van der Waals surface area contributed by atoms with Gasteiger partial charge in [0.05, 0.1) is 33.8 Å². The molecule has 9 rings (SSSR count). The Morgan fingerprint density at radius 2 is 1.45 bits per heavy atom. The molecule has 0 atom stereocenters. The smallest absolute Gasteiger partial charge is 0.120 e. The number of imidazole rings is 1. The number of aromatic nitrogens is 4. The van der Waals surface area contributed by atoms with Crippen LogP contribution >= 0.6 is 0 Å². The summed E-state index contributed by atoms with van der Waals surface area (Å²) in [5, 5.41) is 2.16. The largest absolute Gasteiger partial charge is 0.501 e. The quantitative estimate of drug-likeness (QED) is 0.156. The van der Waals surface area contributed by atoms with Gasteiger partial charge in [-0.25, -0.2) is 0 Å². The number of furan rings is 1. The van der Waals surface area contributed by atoms with Crippen molar-refractivity contribution in [1.29, 1.82) is 0 Å². The van der Waals surface area contributed by atoms with Gasteiger partial charge < -0.3 is 14.0 Å². The fraction of sp³-hybridized carbons (Fsp3) is 0.163. The van der Waals surface area contributed by atoms with E-state index in [-0.39, 0.29) is 25.7 Å². The number of nitrogens with zero attached hydrogens (tertiary/aromatic N) is 4. The molecule has 0 saturated heterocycles. The van der Waals surface area contributed by atoms with Gasteiger partial charge in [0.1, 0.15) is 5.58 Å². The van der Waals surface area contributed by atoms with Crippen LogP contribution in [0.4, 0.5) is 0 Å². The van der Waals surface area contributed by atoms with Crippen molar-refractivity contribution in [3.8, 4) is 39.6 Å². The molecule has 0 saturated carbocycles. The monoisotopic (exact) mass is 898 g/mol. The van der Waals surface area contributed by atoms with Gasteiger partial charge in [-0.1, -0.05) is 118 Å². The Balaban J connectivity index is 0.000000254. The molecule has 4 aromatic heterocycles. The molecule has 0 spiro atoms. The predicted molar refractivity (Wildman–Crippen MR) is 222 cm³/mol. The number of hydrogen-bond donors (Lipinski definition) is 0. The summed E-state index contributed by atoms with van der Waals surface area (Å²) in [5.41, 5.74) is 12.9. The van der Waals surface area contributed by atoms with Crippen molar-refractivity contribution in [3.05, 3.63) is 168 Å². The van der Waals surface area contributed by atoms with Crippen molar-refractivity contribution in [2.75, 3.05) is 0 Å². The van der Waals surface area contributed by atoms with Crippen molar-refractivity contribution in [3.63, 3.8) is 0 Å². The number of aryl methyl sites for hydroxylation is 2. The van der Waals surface area contributed by atoms with E-state index in [1.165, 1.54) is 23.0 Å². The van der Waals surface area contributed by atoms with Gasteiger partial charge in [-0.2, -0.15) is 0 Å². The van der Waals surface area contributed by atoms with E-state index in [4.69, 9.17) is 18.5 Å². The van der Waals surface area contributed by atoms with E-state index in [1.54, 1.807) is 18.2 Å². The second-order valence-electron chi connectivity index (χ2n) is 14.1. The van der Waals surface area contributed by atoms with Gasteiger partial charge in [0, 0.05) is 47.1 Å². The molecule has 0 bridgehead atoms. The SMILES string of the molecule is Cc1nc(-c2ccccc2)cc2c1nc(-c1[c-]ccc3c1oc1ccccc13)n2-c1c(C(C)C)cccc1C(C)C.[2H]C([2H])([2H])c1ccc(-c2[c-]cccc2)nc1.[Ir]. The molecular formula is C49H42IrN4O-2. The first-order valence-corrected chi connectivity index (χ1v) is 18.3. The van der Waals surface area contributed by atoms with Gasteiger partial charge >= 0.3 is 0 Å². The third-order valence-electron chi connectivity index (χ3n) is 9.76. The van der Waals surface area contributed by atoms with Gasteiger partial charge in [-0.3, -0.25) is 9.97 Å². The third kappa shape index (κ3) is 7.28. The summed E-state index contributed by atoms with van der Waals surface area (Å²) >= 11 is 0. The fourth-order valence-corrected chi connectivity index (χ4v) is 7.11. The molecule has 0 aliphatic rings. The van der Waals surface area contributed by atoms with Gasteiger partial charge in [-0.15, -0.1) is 54.1 Å². The zero-order valence-electron chi connectivity index (χ0n) is 34.4. The van der Waals surface area contributed by atoms with Crippen molar-refractivity contribution < 1.29 is 28.6 Å². The third-order valence-corrected chi connectivity index (χ3v) is 9.76. The Bertz CT molecular complexity index is 2820. The number of pyridine rings is 2. The normalized spacial score (nSPS) is 12.3. The predicted octanol–water partition coefficient (Wildman–Crippen LogP) is 12.9. The Kier molecular flexibility index (Phi) is 9.83. The van der Waals surface area contributed by atoms with Crippen LogP contribution in [-0.4, -0.2) is 19.5 Å². The first kappa shape index (κ1) is 33.9. The summed E-state index contributed by atoms with van der Waals surface area (Å²) < 4.78 is 30.6. The second kappa shape index (κ2) is 16.0. The maximum atomic E-state index is 7.23. The molecule has 0 unspecified atom stereocenters.